The molecule has 6 atom stereocenters. The minimum absolute atomic E-state index is 0.236. The first-order valence-electron chi connectivity index (χ1n) is 56.4. The van der Waals surface area contributed by atoms with Crippen molar-refractivity contribution in [3.63, 3.8) is 0 Å². The van der Waals surface area contributed by atoms with E-state index in [1.807, 2.05) is 0 Å². The molecule has 0 bridgehead atoms. The van der Waals surface area contributed by atoms with Crippen molar-refractivity contribution in [3.05, 3.63) is 193 Å². The van der Waals surface area contributed by atoms with E-state index >= 15 is 0 Å². The summed E-state index contributed by atoms with van der Waals surface area (Å²) in [5, 5.41) is 0. The molecule has 0 aliphatic carbocycles. The summed E-state index contributed by atoms with van der Waals surface area (Å²) in [5.74, 6) is 0.236. The number of unbranched alkanes of at least 4 members (excludes halogenated alkanes) is 42. The molecule has 0 saturated carbocycles. The van der Waals surface area contributed by atoms with Gasteiger partial charge in [-0.1, -0.05) is 518 Å². The van der Waals surface area contributed by atoms with Crippen LogP contribution in [0.4, 0.5) is 0 Å². The van der Waals surface area contributed by atoms with Gasteiger partial charge < -0.3 is 0 Å². The van der Waals surface area contributed by atoms with Crippen molar-refractivity contribution in [3.8, 4) is 0 Å². The SMILES string of the molecule is CC=CC(C)(C)C(=C(C=CCCCCCCC)C(CC=CCCCCC)(CCC=CCCCC)C(C=CCCCCCC)(CCC=CCCC)C(C=CCCCCC)(CC=CCCCC)C(CC=CCCC)(CCC=CCC)C(C)C=CCCCC)C(CC=CCCCCCC)(CCC=CCCCCC)/C(=C\CCCCCCCCC)CC=CCCCCCCC. The lowest BCUT2D eigenvalue weighted by molar-refractivity contribution is -0.114. The minimum atomic E-state index is -0.515. The van der Waals surface area contributed by atoms with Crippen molar-refractivity contribution in [2.24, 2.45) is 38.4 Å². The summed E-state index contributed by atoms with van der Waals surface area (Å²) >= 11 is 0. The van der Waals surface area contributed by atoms with E-state index in [2.05, 4.69) is 301 Å². The zero-order valence-corrected chi connectivity index (χ0v) is 88.6. The first-order chi connectivity index (χ1) is 61.7. The lowest BCUT2D eigenvalue weighted by Crippen LogP contribution is -2.61. The maximum absolute atomic E-state index is 3.21. The molecule has 0 aromatic rings. The fourth-order valence-electron chi connectivity index (χ4n) is 21.1. The van der Waals surface area contributed by atoms with Crippen LogP contribution in [0.2, 0.25) is 0 Å². The predicted octanol–water partition coefficient (Wildman–Crippen LogP) is 44.8. The van der Waals surface area contributed by atoms with E-state index in [1.165, 1.54) is 257 Å². The Balaban J connectivity index is 13.8. The molecular weight excluding hydrogens is 1510 g/mol. The normalized spacial score (nSPS) is 16.2. The molecule has 126 heavy (non-hydrogen) atoms. The minimum Gasteiger partial charge on any atom is -0.0908 e. The zero-order valence-electron chi connectivity index (χ0n) is 88.6. The van der Waals surface area contributed by atoms with Gasteiger partial charge in [0.25, 0.3) is 0 Å². The Morgan fingerprint density at radius 2 is 0.595 bits per heavy atom. The lowest BCUT2D eigenvalue weighted by Gasteiger charge is -2.68. The fourth-order valence-corrected chi connectivity index (χ4v) is 21.1. The van der Waals surface area contributed by atoms with Crippen molar-refractivity contribution in [2.75, 3.05) is 0 Å². The highest BCUT2D eigenvalue weighted by atomic mass is 14.7. The lowest BCUT2D eigenvalue weighted by atomic mass is 9.35. The van der Waals surface area contributed by atoms with Crippen LogP contribution in [0.15, 0.2) is 193 Å². The highest BCUT2D eigenvalue weighted by molar-refractivity contribution is 5.51. The van der Waals surface area contributed by atoms with Crippen molar-refractivity contribution in [2.45, 2.75) is 568 Å². The van der Waals surface area contributed by atoms with Crippen LogP contribution in [0, 0.1) is 38.4 Å². The van der Waals surface area contributed by atoms with Crippen LogP contribution in [-0.4, -0.2) is 0 Å². The van der Waals surface area contributed by atoms with Crippen LogP contribution in [0.25, 0.3) is 0 Å². The van der Waals surface area contributed by atoms with E-state index < -0.39 is 21.7 Å². The maximum atomic E-state index is 3.21. The molecular formula is C126H222. The monoisotopic (exact) mass is 1740 g/mol. The van der Waals surface area contributed by atoms with Gasteiger partial charge in [0.1, 0.15) is 0 Å². The second kappa shape index (κ2) is 86.3. The Bertz CT molecular complexity index is 2930. The van der Waals surface area contributed by atoms with Gasteiger partial charge in [-0.3, -0.25) is 0 Å². The van der Waals surface area contributed by atoms with Crippen molar-refractivity contribution >= 4 is 0 Å². The van der Waals surface area contributed by atoms with E-state index in [4.69, 9.17) is 0 Å². The van der Waals surface area contributed by atoms with E-state index in [9.17, 15) is 0 Å². The molecule has 0 fully saturated rings. The Labute approximate surface area is 793 Å². The van der Waals surface area contributed by atoms with E-state index in [0.29, 0.717) is 0 Å². The second-order valence-corrected chi connectivity index (χ2v) is 39.8. The second-order valence-electron chi connectivity index (χ2n) is 39.8. The number of hydrogen-bond acceptors (Lipinski definition) is 0. The average Bonchev–Trinajstić information content (AvgIpc) is 0.677. The highest BCUT2D eigenvalue weighted by Gasteiger charge is 2.68. The first kappa shape index (κ1) is 122. The molecule has 0 aromatic carbocycles. The maximum Gasteiger partial charge on any atom is 0.0175 e. The van der Waals surface area contributed by atoms with Gasteiger partial charge in [-0.2, -0.15) is 0 Å². The number of allylic oxidation sites excluding steroid dienone is 32. The van der Waals surface area contributed by atoms with Crippen molar-refractivity contribution in [1.82, 2.24) is 0 Å². The van der Waals surface area contributed by atoms with Gasteiger partial charge in [0.05, 0.1) is 0 Å². The first-order valence-corrected chi connectivity index (χ1v) is 56.4. The summed E-state index contributed by atoms with van der Waals surface area (Å²) in [6, 6.07) is 0. The van der Waals surface area contributed by atoms with Crippen LogP contribution in [-0.2, 0) is 0 Å². The quantitative estimate of drug-likeness (QED) is 0.0323. The fraction of sp³-hybridized carbons (Fsp3) is 0.746. The van der Waals surface area contributed by atoms with Crippen LogP contribution in [0.3, 0.4) is 0 Å². The number of hydrogen-bond donors (Lipinski definition) is 0. The van der Waals surface area contributed by atoms with Gasteiger partial charge in [-0.15, -0.1) is 0 Å². The van der Waals surface area contributed by atoms with Gasteiger partial charge in [0.15, 0.2) is 0 Å². The summed E-state index contributed by atoms with van der Waals surface area (Å²) in [6.07, 6.45) is 164. The third-order valence-electron chi connectivity index (χ3n) is 28.5. The number of rotatable bonds is 91. The summed E-state index contributed by atoms with van der Waals surface area (Å²) < 4.78 is 0. The Kier molecular flexibility index (Phi) is 83.4. The topological polar surface area (TPSA) is 0 Å². The summed E-state index contributed by atoms with van der Waals surface area (Å²) in [7, 11) is 0. The molecule has 0 rings (SSSR count). The third-order valence-corrected chi connectivity index (χ3v) is 28.5. The Hall–Kier alpha value is -4.16. The van der Waals surface area contributed by atoms with Gasteiger partial charge in [-0.05, 0) is 254 Å². The molecule has 6 unspecified atom stereocenters. The molecule has 0 heterocycles. The third kappa shape index (κ3) is 51.8. The molecule has 0 spiro atoms. The summed E-state index contributed by atoms with van der Waals surface area (Å²) in [4.78, 5) is 0. The van der Waals surface area contributed by atoms with Gasteiger partial charge >= 0.3 is 0 Å². The standard InChI is InChI=1S/C126H222/c1-19-34-48-62-70-73-77-89-103-118(104-90-78-74-71-63-49-35-20-2)122(107-92-83-75-65-51-37-22-4,108-93-84-76-66-52-38-23-5)120(121(17,18)106-33-15)119(105-91-79-72-64-50-36-21-3)124(111-96-85-67-53-39-24-6,112-97-86-68-54-40-25-7)126(115-100-82-58-44-29-11,116-101-87-69-55-41-26-8)125(113-98-80-56-42-27-9,114-99-81-57-43-28-10)123(109-94-60-46-31-13,110-95-61-47-32-14)117(16)102-88-59-45-30-12/h33,46,58,60-61,67,75,77,80,82-86,88-89,91,93,95,97-99,101-102,104-106,114,116-117H,19-32,34-45,47-57,59,62-66,68-74,76,78-79,81,87,90,92,94,96,100,103,107-113,115H2,1-18H3/b60-46?,82-58?,83-75?,85-67?,89-77?,93-84?,95-61?,97-86?,98-80?,102-88?,105-91?,106-33?,114-99?,116-101?,118-104-,120-119?. The smallest absolute Gasteiger partial charge is 0.0175 e. The Morgan fingerprint density at radius 3 is 1.09 bits per heavy atom. The molecule has 0 saturated heterocycles. The summed E-state index contributed by atoms with van der Waals surface area (Å²) in [5.41, 5.74) is 2.65. The van der Waals surface area contributed by atoms with Crippen LogP contribution < -0.4 is 0 Å². The molecule has 0 heteroatoms. The highest BCUT2D eigenvalue weighted by Crippen LogP contribution is 2.75. The van der Waals surface area contributed by atoms with Gasteiger partial charge in [-0.25, -0.2) is 0 Å². The van der Waals surface area contributed by atoms with Gasteiger partial charge in [0, 0.05) is 27.1 Å². The van der Waals surface area contributed by atoms with E-state index in [-0.39, 0.29) is 16.7 Å². The molecule has 0 aliphatic rings. The molecule has 0 N–H and O–H groups in total. The van der Waals surface area contributed by atoms with Crippen molar-refractivity contribution in [1.29, 1.82) is 0 Å². The average molecular weight is 1740 g/mol. The van der Waals surface area contributed by atoms with E-state index in [0.717, 1.165) is 186 Å². The molecule has 0 aliphatic heterocycles. The van der Waals surface area contributed by atoms with Crippen LogP contribution in [0.1, 0.15) is 568 Å². The zero-order chi connectivity index (χ0) is 92.6. The molecule has 0 radical (unpaired) electrons. The van der Waals surface area contributed by atoms with E-state index in [1.54, 1.807) is 16.7 Å². The molecule has 0 nitrogen and oxygen atoms in total. The van der Waals surface area contributed by atoms with Crippen LogP contribution in [0.5, 0.6) is 0 Å². The molecule has 726 valence electrons. The molecule has 0 amide bonds. The largest absolute Gasteiger partial charge is 0.0908 e. The van der Waals surface area contributed by atoms with Gasteiger partial charge in [0.2, 0.25) is 0 Å². The summed E-state index contributed by atoms with van der Waals surface area (Å²) in [6.45, 7) is 44.6. The van der Waals surface area contributed by atoms with Crippen molar-refractivity contribution < 1.29 is 0 Å². The molecule has 0 aromatic heterocycles. The Morgan fingerprint density at radius 1 is 0.254 bits per heavy atom. The van der Waals surface area contributed by atoms with Crippen LogP contribution >= 0.6 is 0 Å². The predicted molar refractivity (Wildman–Crippen MR) is 582 cm³/mol.